The second-order valence-electron chi connectivity index (χ2n) is 5.63. The van der Waals surface area contributed by atoms with Gasteiger partial charge in [0.15, 0.2) is 0 Å². The summed E-state index contributed by atoms with van der Waals surface area (Å²) in [6.07, 6.45) is 1.80. The van der Waals surface area contributed by atoms with Crippen molar-refractivity contribution in [1.29, 1.82) is 0 Å². The molecule has 0 spiro atoms. The van der Waals surface area contributed by atoms with E-state index >= 15 is 0 Å². The highest BCUT2D eigenvalue weighted by molar-refractivity contribution is 8.26. The molecule has 1 aliphatic rings. The number of nitrogens with zero attached hydrogens (tertiary/aromatic N) is 1. The highest BCUT2D eigenvalue weighted by Crippen LogP contribution is 2.34. The molecule has 132 valence electrons. The molecular weight excluding hydrogens is 390 g/mol. The van der Waals surface area contributed by atoms with Crippen molar-refractivity contribution in [3.8, 4) is 0 Å². The topological polar surface area (TPSA) is 60.4 Å². The van der Waals surface area contributed by atoms with Gasteiger partial charge in [0.25, 0.3) is 5.91 Å². The molecule has 3 rings (SSSR count). The quantitative estimate of drug-likeness (QED) is 0.568. The zero-order chi connectivity index (χ0) is 18.7. The number of halogens is 1. The van der Waals surface area contributed by atoms with Gasteiger partial charge >= 0.3 is 0 Å². The molecule has 0 bridgehead atoms. The molecular formula is C19H13ClNO3S2-. The molecule has 1 saturated heterocycles. The predicted molar refractivity (Wildman–Crippen MR) is 105 cm³/mol. The second kappa shape index (κ2) is 8.03. The van der Waals surface area contributed by atoms with Crippen molar-refractivity contribution in [2.75, 3.05) is 0 Å². The Bertz CT molecular complexity index is 881. The van der Waals surface area contributed by atoms with E-state index in [1.807, 2.05) is 18.2 Å². The molecule has 26 heavy (non-hydrogen) atoms. The lowest BCUT2D eigenvalue weighted by atomic mass is 10.0. The van der Waals surface area contributed by atoms with E-state index in [4.69, 9.17) is 23.8 Å². The first-order valence-electron chi connectivity index (χ1n) is 7.73. The van der Waals surface area contributed by atoms with Crippen LogP contribution in [0.25, 0.3) is 6.08 Å². The van der Waals surface area contributed by atoms with E-state index in [0.717, 1.165) is 27.8 Å². The van der Waals surface area contributed by atoms with Crippen LogP contribution in [0.5, 0.6) is 0 Å². The molecule has 4 nitrogen and oxygen atoms in total. The molecule has 0 radical (unpaired) electrons. The van der Waals surface area contributed by atoms with E-state index in [9.17, 15) is 14.7 Å². The molecule has 0 N–H and O–H groups in total. The molecule has 1 fully saturated rings. The Hall–Kier alpha value is -2.15. The summed E-state index contributed by atoms with van der Waals surface area (Å²) in [5, 5.41) is 12.3. The number of carbonyl (C=O) groups excluding carboxylic acids is 2. The summed E-state index contributed by atoms with van der Waals surface area (Å²) in [6.45, 7) is 0. The van der Waals surface area contributed by atoms with E-state index in [0.29, 0.717) is 9.93 Å². The van der Waals surface area contributed by atoms with Gasteiger partial charge in [0.1, 0.15) is 4.32 Å². The average molecular weight is 403 g/mol. The first-order valence-corrected chi connectivity index (χ1v) is 9.33. The summed E-state index contributed by atoms with van der Waals surface area (Å²) < 4.78 is 0.209. The first-order chi connectivity index (χ1) is 12.5. The lowest BCUT2D eigenvalue weighted by Crippen LogP contribution is -2.51. The van der Waals surface area contributed by atoms with Gasteiger partial charge in [-0.15, -0.1) is 0 Å². The van der Waals surface area contributed by atoms with Gasteiger partial charge in [-0.2, -0.15) is 0 Å². The number of thioether (sulfide) groups is 1. The Morgan fingerprint density at radius 3 is 2.46 bits per heavy atom. The molecule has 2 aromatic carbocycles. The minimum Gasteiger partial charge on any atom is -0.548 e. The van der Waals surface area contributed by atoms with E-state index < -0.39 is 17.9 Å². The zero-order valence-electron chi connectivity index (χ0n) is 13.4. The Balaban J connectivity index is 1.86. The van der Waals surface area contributed by atoms with Gasteiger partial charge in [-0.05, 0) is 35.8 Å². The maximum absolute atomic E-state index is 12.8. The molecule has 2 aromatic rings. The standard InChI is InChI=1S/C19H14ClNO3S2/c20-14-8-6-13(7-9-14)11-16-17(22)21(19(25)26-16)15(18(23)24)10-12-4-2-1-3-5-12/h1-9,11,15H,10H2,(H,23,24)/p-1/b16-11-/t15-/m0/s1. The fraction of sp³-hybridized carbons (Fsp3) is 0.105. The van der Waals surface area contributed by atoms with Crippen LogP contribution in [0.2, 0.25) is 5.02 Å². The van der Waals surface area contributed by atoms with Crippen LogP contribution in [0.3, 0.4) is 0 Å². The third-order valence-corrected chi connectivity index (χ3v) is 5.43. The van der Waals surface area contributed by atoms with Crippen molar-refractivity contribution < 1.29 is 14.7 Å². The number of thiocarbonyl (C=S) groups is 1. The number of aliphatic carboxylic acids is 1. The lowest BCUT2D eigenvalue weighted by Gasteiger charge is -2.27. The van der Waals surface area contributed by atoms with Gasteiger partial charge in [0.05, 0.1) is 16.9 Å². The Kier molecular flexibility index (Phi) is 5.76. The molecule has 0 aliphatic carbocycles. The minimum absolute atomic E-state index is 0.129. The van der Waals surface area contributed by atoms with Crippen molar-refractivity contribution in [2.24, 2.45) is 0 Å². The number of hydrogen-bond donors (Lipinski definition) is 0. The van der Waals surface area contributed by atoms with Crippen LogP contribution < -0.4 is 5.11 Å². The SMILES string of the molecule is O=C([O-])[C@H](Cc1ccccc1)N1C(=O)/C(=C/c2ccc(Cl)cc2)SC1=S. The number of rotatable bonds is 5. The molecule has 1 atom stereocenters. The smallest absolute Gasteiger partial charge is 0.266 e. The fourth-order valence-electron chi connectivity index (χ4n) is 2.58. The van der Waals surface area contributed by atoms with Crippen LogP contribution in [-0.2, 0) is 16.0 Å². The molecule has 1 heterocycles. The van der Waals surface area contributed by atoms with Crippen LogP contribution in [0.1, 0.15) is 11.1 Å². The number of carbonyl (C=O) groups is 2. The Labute approximate surface area is 165 Å². The minimum atomic E-state index is -1.34. The summed E-state index contributed by atoms with van der Waals surface area (Å²) in [4.78, 5) is 25.9. The third kappa shape index (κ3) is 4.15. The lowest BCUT2D eigenvalue weighted by molar-refractivity contribution is -0.310. The van der Waals surface area contributed by atoms with Crippen LogP contribution in [0, 0.1) is 0 Å². The van der Waals surface area contributed by atoms with Crippen LogP contribution in [-0.4, -0.2) is 27.1 Å². The van der Waals surface area contributed by atoms with Crippen LogP contribution in [0.4, 0.5) is 0 Å². The number of amides is 1. The number of benzene rings is 2. The zero-order valence-corrected chi connectivity index (χ0v) is 15.8. The maximum atomic E-state index is 12.8. The van der Waals surface area contributed by atoms with Crippen molar-refractivity contribution in [2.45, 2.75) is 12.5 Å². The Morgan fingerprint density at radius 1 is 1.19 bits per heavy atom. The van der Waals surface area contributed by atoms with Crippen molar-refractivity contribution in [3.05, 3.63) is 75.7 Å². The van der Waals surface area contributed by atoms with Crippen LogP contribution in [0.15, 0.2) is 59.5 Å². The largest absolute Gasteiger partial charge is 0.548 e. The van der Waals surface area contributed by atoms with E-state index in [1.165, 1.54) is 0 Å². The third-order valence-electron chi connectivity index (χ3n) is 3.85. The number of hydrogen-bond acceptors (Lipinski definition) is 5. The second-order valence-corrected chi connectivity index (χ2v) is 7.74. The molecule has 1 amide bonds. The van der Waals surface area contributed by atoms with Gasteiger partial charge in [0.2, 0.25) is 0 Å². The van der Waals surface area contributed by atoms with Gasteiger partial charge in [0, 0.05) is 5.02 Å². The van der Waals surface area contributed by atoms with E-state index in [1.54, 1.807) is 42.5 Å². The highest BCUT2D eigenvalue weighted by Gasteiger charge is 2.37. The van der Waals surface area contributed by atoms with Gasteiger partial charge < -0.3 is 9.90 Å². The van der Waals surface area contributed by atoms with Crippen molar-refractivity contribution in [3.63, 3.8) is 0 Å². The first kappa shape index (κ1) is 18.6. The summed E-state index contributed by atoms with van der Waals surface area (Å²) in [6, 6.07) is 14.9. The number of carboxylic acids is 1. The van der Waals surface area contributed by atoms with E-state index in [-0.39, 0.29) is 10.7 Å². The molecule has 0 saturated carbocycles. The summed E-state index contributed by atoms with van der Waals surface area (Å²) >= 11 is 12.2. The average Bonchev–Trinajstić information content (AvgIpc) is 2.89. The van der Waals surface area contributed by atoms with Crippen molar-refractivity contribution >= 4 is 57.9 Å². The molecule has 0 unspecified atom stereocenters. The highest BCUT2D eigenvalue weighted by atomic mass is 35.5. The predicted octanol–water partition coefficient (Wildman–Crippen LogP) is 2.90. The summed E-state index contributed by atoms with van der Waals surface area (Å²) in [5.74, 6) is -1.77. The maximum Gasteiger partial charge on any atom is 0.266 e. The van der Waals surface area contributed by atoms with Gasteiger partial charge in [-0.1, -0.05) is 78.0 Å². The summed E-state index contributed by atoms with van der Waals surface area (Å²) in [7, 11) is 0. The summed E-state index contributed by atoms with van der Waals surface area (Å²) in [5.41, 5.74) is 1.57. The van der Waals surface area contributed by atoms with Crippen molar-refractivity contribution in [1.82, 2.24) is 4.90 Å². The molecule has 7 heteroatoms. The number of carboxylic acid groups (broad SMARTS) is 1. The van der Waals surface area contributed by atoms with E-state index in [2.05, 4.69) is 0 Å². The molecule has 1 aliphatic heterocycles. The Morgan fingerprint density at radius 2 is 1.85 bits per heavy atom. The molecule has 0 aromatic heterocycles. The van der Waals surface area contributed by atoms with Gasteiger partial charge in [-0.3, -0.25) is 9.69 Å². The monoisotopic (exact) mass is 402 g/mol. The van der Waals surface area contributed by atoms with Crippen LogP contribution >= 0.6 is 35.6 Å². The normalized spacial score (nSPS) is 17.0. The van der Waals surface area contributed by atoms with Gasteiger partial charge in [-0.25, -0.2) is 0 Å². The fourth-order valence-corrected chi connectivity index (χ4v) is 4.06.